The second-order valence-electron chi connectivity index (χ2n) is 7.02. The highest BCUT2D eigenvalue weighted by Gasteiger charge is 2.35. The maximum atomic E-state index is 12.9. The minimum absolute atomic E-state index is 0.250. The van der Waals surface area contributed by atoms with Crippen molar-refractivity contribution in [2.24, 2.45) is 0 Å². The molecule has 6 heteroatoms. The third kappa shape index (κ3) is 4.59. The Labute approximate surface area is 185 Å². The number of nitrogens with zero attached hydrogens (tertiary/aromatic N) is 1. The number of rotatable bonds is 7. The van der Waals surface area contributed by atoms with Crippen LogP contribution < -0.4 is 9.47 Å². The topological polar surface area (TPSA) is 55.8 Å². The minimum atomic E-state index is -0.282. The van der Waals surface area contributed by atoms with Crippen molar-refractivity contribution in [2.45, 2.75) is 20.4 Å². The Morgan fingerprint density at radius 2 is 1.61 bits per heavy atom. The van der Waals surface area contributed by atoms with Crippen molar-refractivity contribution < 1.29 is 19.1 Å². The lowest BCUT2D eigenvalue weighted by Crippen LogP contribution is -2.27. The molecule has 0 aromatic heterocycles. The first-order chi connectivity index (χ1) is 15.1. The highest BCUT2D eigenvalue weighted by atomic mass is 32.2. The molecule has 5 nitrogen and oxygen atoms in total. The largest absolute Gasteiger partial charge is 0.490 e. The maximum absolute atomic E-state index is 12.9. The van der Waals surface area contributed by atoms with Crippen molar-refractivity contribution in [2.75, 3.05) is 13.2 Å². The molecule has 1 saturated heterocycles. The normalized spacial score (nSPS) is 15.2. The minimum Gasteiger partial charge on any atom is -0.490 e. The van der Waals surface area contributed by atoms with E-state index in [1.54, 1.807) is 6.08 Å². The van der Waals surface area contributed by atoms with Crippen molar-refractivity contribution in [3.63, 3.8) is 0 Å². The van der Waals surface area contributed by atoms with E-state index in [-0.39, 0.29) is 17.7 Å². The van der Waals surface area contributed by atoms with Crippen LogP contribution in [0, 0.1) is 0 Å². The summed E-state index contributed by atoms with van der Waals surface area (Å²) in [7, 11) is 0. The fraction of sp³-hybridized carbons (Fsp3) is 0.200. The number of fused-ring (bicyclic) bond motifs is 1. The van der Waals surface area contributed by atoms with Crippen molar-refractivity contribution in [3.05, 3.63) is 76.7 Å². The van der Waals surface area contributed by atoms with Crippen LogP contribution in [0.4, 0.5) is 4.79 Å². The summed E-state index contributed by atoms with van der Waals surface area (Å²) in [6, 6.07) is 19.5. The highest BCUT2D eigenvalue weighted by molar-refractivity contribution is 8.18. The summed E-state index contributed by atoms with van der Waals surface area (Å²) >= 11 is 0.960. The van der Waals surface area contributed by atoms with Gasteiger partial charge in [-0.25, -0.2) is 0 Å². The fourth-order valence-corrected chi connectivity index (χ4v) is 4.30. The third-order valence-corrected chi connectivity index (χ3v) is 5.80. The van der Waals surface area contributed by atoms with Gasteiger partial charge in [0.15, 0.2) is 11.5 Å². The van der Waals surface area contributed by atoms with Crippen molar-refractivity contribution in [1.82, 2.24) is 4.90 Å². The summed E-state index contributed by atoms with van der Waals surface area (Å²) in [6.45, 7) is 5.11. The molecule has 0 bridgehead atoms. The maximum Gasteiger partial charge on any atom is 0.293 e. The number of thioether (sulfide) groups is 1. The molecule has 1 aliphatic rings. The van der Waals surface area contributed by atoms with Crippen LogP contribution in [0.1, 0.15) is 25.0 Å². The van der Waals surface area contributed by atoms with Gasteiger partial charge in [-0.1, -0.05) is 42.5 Å². The lowest BCUT2D eigenvalue weighted by molar-refractivity contribution is -0.123. The Bertz CT molecular complexity index is 1170. The number of benzene rings is 3. The van der Waals surface area contributed by atoms with Gasteiger partial charge in [0.05, 0.1) is 24.7 Å². The third-order valence-electron chi connectivity index (χ3n) is 4.89. The standard InChI is InChI=1S/C25H23NO4S/c1-3-29-21-12-10-17(14-22(21)30-4-2)15-23-24(27)26(25(28)31-23)16-18-9-11-19-7-5-6-8-20(19)13-18/h5-15H,3-4,16H2,1-2H3/b23-15-. The Morgan fingerprint density at radius 3 is 2.39 bits per heavy atom. The second-order valence-corrected chi connectivity index (χ2v) is 8.01. The summed E-state index contributed by atoms with van der Waals surface area (Å²) in [5, 5.41) is 1.95. The van der Waals surface area contributed by atoms with Crippen LogP contribution in [-0.2, 0) is 11.3 Å². The molecule has 2 amide bonds. The summed E-state index contributed by atoms with van der Waals surface area (Å²) in [4.78, 5) is 27.2. The average molecular weight is 434 g/mol. The molecule has 1 aliphatic heterocycles. The molecule has 1 fully saturated rings. The number of hydrogen-bond acceptors (Lipinski definition) is 5. The molecular formula is C25H23NO4S. The van der Waals surface area contributed by atoms with E-state index in [1.165, 1.54) is 4.90 Å². The Kier molecular flexibility index (Phi) is 6.28. The van der Waals surface area contributed by atoms with Crippen LogP contribution in [0.15, 0.2) is 65.6 Å². The molecule has 0 saturated carbocycles. The molecule has 158 valence electrons. The lowest BCUT2D eigenvalue weighted by atomic mass is 10.1. The Morgan fingerprint density at radius 1 is 0.871 bits per heavy atom. The number of ether oxygens (including phenoxy) is 2. The predicted octanol–water partition coefficient (Wildman–Crippen LogP) is 5.87. The van der Waals surface area contributed by atoms with Crippen LogP contribution in [0.3, 0.4) is 0 Å². The van der Waals surface area contributed by atoms with Gasteiger partial charge in [-0.15, -0.1) is 0 Å². The zero-order chi connectivity index (χ0) is 21.8. The summed E-state index contributed by atoms with van der Waals surface area (Å²) < 4.78 is 11.2. The van der Waals surface area contributed by atoms with E-state index in [0.29, 0.717) is 29.6 Å². The number of amides is 2. The smallest absolute Gasteiger partial charge is 0.293 e. The molecule has 0 N–H and O–H groups in total. The quantitative estimate of drug-likeness (QED) is 0.436. The molecule has 0 aliphatic carbocycles. The van der Waals surface area contributed by atoms with Gasteiger partial charge >= 0.3 is 0 Å². The van der Waals surface area contributed by atoms with E-state index in [4.69, 9.17) is 9.47 Å². The molecule has 0 spiro atoms. The van der Waals surface area contributed by atoms with Crippen LogP contribution in [0.5, 0.6) is 11.5 Å². The van der Waals surface area contributed by atoms with Crippen LogP contribution >= 0.6 is 11.8 Å². The summed E-state index contributed by atoms with van der Waals surface area (Å²) in [5.74, 6) is 0.995. The molecule has 0 radical (unpaired) electrons. The fourth-order valence-electron chi connectivity index (χ4n) is 3.46. The molecule has 3 aromatic rings. The first-order valence-corrected chi connectivity index (χ1v) is 11.0. The van der Waals surface area contributed by atoms with Gasteiger partial charge in [-0.05, 0) is 71.8 Å². The SMILES string of the molecule is CCOc1ccc(/C=C2\SC(=O)N(Cc3ccc4ccccc4c3)C2=O)cc1OCC. The molecule has 31 heavy (non-hydrogen) atoms. The summed E-state index contributed by atoms with van der Waals surface area (Å²) in [5.41, 5.74) is 1.70. The molecular weight excluding hydrogens is 410 g/mol. The van der Waals surface area contributed by atoms with Crippen LogP contribution in [0.2, 0.25) is 0 Å². The number of hydrogen-bond donors (Lipinski definition) is 0. The first-order valence-electron chi connectivity index (χ1n) is 10.2. The van der Waals surface area contributed by atoms with Gasteiger partial charge in [0.1, 0.15) is 0 Å². The Balaban J connectivity index is 1.55. The van der Waals surface area contributed by atoms with Gasteiger partial charge in [0.2, 0.25) is 0 Å². The van der Waals surface area contributed by atoms with Crippen molar-refractivity contribution >= 4 is 39.8 Å². The number of imide groups is 1. The zero-order valence-corrected chi connectivity index (χ0v) is 18.3. The van der Waals surface area contributed by atoms with Gasteiger partial charge in [-0.3, -0.25) is 14.5 Å². The van der Waals surface area contributed by atoms with E-state index < -0.39 is 0 Å². The predicted molar refractivity (Wildman–Crippen MR) is 124 cm³/mol. The van der Waals surface area contributed by atoms with Crippen molar-refractivity contribution in [3.8, 4) is 11.5 Å². The molecule has 3 aromatic carbocycles. The van der Waals surface area contributed by atoms with E-state index in [2.05, 4.69) is 0 Å². The summed E-state index contributed by atoms with van der Waals surface area (Å²) in [6.07, 6.45) is 1.73. The van der Waals surface area contributed by atoms with Gasteiger partial charge in [0.25, 0.3) is 11.1 Å². The number of carbonyl (C=O) groups is 2. The Hall–Kier alpha value is -3.25. The van der Waals surface area contributed by atoms with E-state index in [9.17, 15) is 9.59 Å². The van der Waals surface area contributed by atoms with E-state index in [0.717, 1.165) is 33.7 Å². The van der Waals surface area contributed by atoms with Crippen LogP contribution in [-0.4, -0.2) is 29.3 Å². The van der Waals surface area contributed by atoms with E-state index >= 15 is 0 Å². The second kappa shape index (κ2) is 9.27. The first kappa shape index (κ1) is 21.0. The molecule has 1 heterocycles. The van der Waals surface area contributed by atoms with Crippen LogP contribution in [0.25, 0.3) is 16.8 Å². The lowest BCUT2D eigenvalue weighted by Gasteiger charge is -2.13. The van der Waals surface area contributed by atoms with Crippen molar-refractivity contribution in [1.29, 1.82) is 0 Å². The molecule has 0 unspecified atom stereocenters. The highest BCUT2D eigenvalue weighted by Crippen LogP contribution is 2.35. The van der Waals surface area contributed by atoms with Gasteiger partial charge < -0.3 is 9.47 Å². The zero-order valence-electron chi connectivity index (χ0n) is 17.5. The monoisotopic (exact) mass is 433 g/mol. The molecule has 4 rings (SSSR count). The molecule has 0 atom stereocenters. The van der Waals surface area contributed by atoms with E-state index in [1.807, 2.05) is 74.5 Å². The average Bonchev–Trinajstić information content (AvgIpc) is 3.03. The van der Waals surface area contributed by atoms with Gasteiger partial charge in [-0.2, -0.15) is 0 Å². The number of carbonyl (C=O) groups excluding carboxylic acids is 2. The van der Waals surface area contributed by atoms with Gasteiger partial charge in [0, 0.05) is 0 Å².